The van der Waals surface area contributed by atoms with E-state index in [4.69, 9.17) is 4.74 Å². The first kappa shape index (κ1) is 13.1. The van der Waals surface area contributed by atoms with Crippen molar-refractivity contribution < 1.29 is 9.53 Å². The van der Waals surface area contributed by atoms with Gasteiger partial charge < -0.3 is 10.1 Å². The van der Waals surface area contributed by atoms with Crippen molar-refractivity contribution in [1.82, 2.24) is 4.98 Å². The molecular formula is C14H12N2O2S2. The first-order chi connectivity index (χ1) is 9.67. The van der Waals surface area contributed by atoms with Crippen molar-refractivity contribution in [2.24, 2.45) is 0 Å². The highest BCUT2D eigenvalue weighted by Gasteiger charge is 2.15. The first-order valence-electron chi connectivity index (χ1n) is 5.97. The number of ether oxygens (including phenoxy) is 1. The maximum atomic E-state index is 11.6. The lowest BCUT2D eigenvalue weighted by Gasteiger charge is -2.02. The smallest absolute Gasteiger partial charge is 0.350 e. The highest BCUT2D eigenvalue weighted by atomic mass is 32.1. The molecule has 0 unspecified atom stereocenters. The number of esters is 1. The Hall–Kier alpha value is -1.92. The van der Waals surface area contributed by atoms with Crippen molar-refractivity contribution in [3.8, 4) is 0 Å². The highest BCUT2D eigenvalue weighted by Crippen LogP contribution is 2.29. The lowest BCUT2D eigenvalue weighted by Crippen LogP contribution is -1.99. The fourth-order valence-electron chi connectivity index (χ4n) is 1.90. The number of carbonyl (C=O) groups is 1. The van der Waals surface area contributed by atoms with Crippen LogP contribution in [0.2, 0.25) is 0 Å². The van der Waals surface area contributed by atoms with Crippen molar-refractivity contribution in [2.45, 2.75) is 6.92 Å². The molecule has 1 N–H and O–H groups in total. The average Bonchev–Trinajstić information content (AvgIpc) is 3.04. The van der Waals surface area contributed by atoms with Crippen LogP contribution in [0, 0.1) is 6.92 Å². The molecule has 0 aliphatic heterocycles. The van der Waals surface area contributed by atoms with Crippen LogP contribution in [0.3, 0.4) is 0 Å². The second kappa shape index (κ2) is 5.22. The molecule has 0 aliphatic rings. The minimum absolute atomic E-state index is 0.346. The van der Waals surface area contributed by atoms with Gasteiger partial charge in [-0.2, -0.15) is 0 Å². The van der Waals surface area contributed by atoms with Crippen molar-refractivity contribution in [2.75, 3.05) is 12.4 Å². The van der Waals surface area contributed by atoms with Crippen LogP contribution in [-0.2, 0) is 4.74 Å². The molecule has 3 aromatic rings. The zero-order chi connectivity index (χ0) is 14.1. The Morgan fingerprint density at radius 2 is 2.20 bits per heavy atom. The summed E-state index contributed by atoms with van der Waals surface area (Å²) >= 11 is 3.01. The molecule has 0 bridgehead atoms. The Labute approximate surface area is 124 Å². The number of fused-ring (bicyclic) bond motifs is 1. The van der Waals surface area contributed by atoms with Gasteiger partial charge in [0.2, 0.25) is 0 Å². The Balaban J connectivity index is 1.88. The number of hydrogen-bond acceptors (Lipinski definition) is 6. The predicted molar refractivity (Wildman–Crippen MR) is 83.3 cm³/mol. The van der Waals surface area contributed by atoms with E-state index in [0.717, 1.165) is 5.69 Å². The molecular weight excluding hydrogens is 292 g/mol. The molecule has 0 spiro atoms. The zero-order valence-electron chi connectivity index (χ0n) is 11.0. The summed E-state index contributed by atoms with van der Waals surface area (Å²) in [5.74, 6) is -0.346. The summed E-state index contributed by atoms with van der Waals surface area (Å²) in [4.78, 5) is 16.4. The lowest BCUT2D eigenvalue weighted by molar-refractivity contribution is 0.0605. The Morgan fingerprint density at radius 3 is 3.00 bits per heavy atom. The van der Waals surface area contributed by atoms with Crippen LogP contribution in [0.25, 0.3) is 10.1 Å². The molecule has 6 heteroatoms. The first-order valence-corrected chi connectivity index (χ1v) is 7.67. The molecule has 2 heterocycles. The summed E-state index contributed by atoms with van der Waals surface area (Å²) in [5, 5.41) is 7.19. The fourth-order valence-corrected chi connectivity index (χ4v) is 3.58. The van der Waals surface area contributed by atoms with Gasteiger partial charge in [-0.15, -0.1) is 11.3 Å². The fraction of sp³-hybridized carbons (Fsp3) is 0.143. The molecule has 0 saturated carbocycles. The summed E-state index contributed by atoms with van der Waals surface area (Å²) < 4.78 is 5.98. The lowest BCUT2D eigenvalue weighted by atomic mass is 10.2. The van der Waals surface area contributed by atoms with Gasteiger partial charge in [0.05, 0.1) is 12.8 Å². The number of nitrogens with zero attached hydrogens (tertiary/aromatic N) is 1. The topological polar surface area (TPSA) is 51.2 Å². The van der Waals surface area contributed by atoms with Crippen LogP contribution in [0.5, 0.6) is 0 Å². The molecule has 0 aliphatic carbocycles. The van der Waals surface area contributed by atoms with Gasteiger partial charge in [0, 0.05) is 10.4 Å². The number of benzene rings is 1. The number of thiazole rings is 1. The third kappa shape index (κ3) is 2.39. The standard InChI is InChI=1S/C14H12N2O2S2/c1-8-12(13(17)18-2)20-14(15-8)16-10-3-4-11-9(7-10)5-6-19-11/h3-7H,1-2H3,(H,15,16). The van der Waals surface area contributed by atoms with E-state index in [1.165, 1.54) is 28.5 Å². The van der Waals surface area contributed by atoms with Gasteiger partial charge in [0.25, 0.3) is 0 Å². The predicted octanol–water partition coefficient (Wildman–Crippen LogP) is 4.20. The number of aromatic nitrogens is 1. The molecule has 1 aromatic carbocycles. The monoisotopic (exact) mass is 304 g/mol. The second-order valence-corrected chi connectivity index (χ2v) is 6.17. The van der Waals surface area contributed by atoms with Gasteiger partial charge in [-0.1, -0.05) is 11.3 Å². The van der Waals surface area contributed by atoms with E-state index in [0.29, 0.717) is 15.7 Å². The van der Waals surface area contributed by atoms with Crippen LogP contribution >= 0.6 is 22.7 Å². The maximum Gasteiger partial charge on any atom is 0.350 e. The van der Waals surface area contributed by atoms with E-state index in [1.807, 2.05) is 6.07 Å². The maximum absolute atomic E-state index is 11.6. The summed E-state index contributed by atoms with van der Waals surface area (Å²) in [6, 6.07) is 8.23. The molecule has 0 saturated heterocycles. The number of anilines is 2. The quantitative estimate of drug-likeness (QED) is 0.737. The van der Waals surface area contributed by atoms with Crippen molar-refractivity contribution in [3.63, 3.8) is 0 Å². The summed E-state index contributed by atoms with van der Waals surface area (Å²) in [6.45, 7) is 1.80. The number of hydrogen-bond donors (Lipinski definition) is 1. The van der Waals surface area contributed by atoms with Gasteiger partial charge in [0.1, 0.15) is 4.88 Å². The number of carbonyl (C=O) groups excluding carboxylic acids is 1. The van der Waals surface area contributed by atoms with Crippen LogP contribution in [-0.4, -0.2) is 18.1 Å². The second-order valence-electron chi connectivity index (χ2n) is 4.22. The van der Waals surface area contributed by atoms with Gasteiger partial charge in [0.15, 0.2) is 5.13 Å². The largest absolute Gasteiger partial charge is 0.465 e. The third-order valence-corrected chi connectivity index (χ3v) is 4.82. The zero-order valence-corrected chi connectivity index (χ0v) is 12.6. The molecule has 2 aromatic heterocycles. The normalized spacial score (nSPS) is 10.7. The summed E-state index contributed by atoms with van der Waals surface area (Å²) in [5.41, 5.74) is 1.64. The number of methoxy groups -OCH3 is 1. The van der Waals surface area contributed by atoms with Gasteiger partial charge in [-0.05, 0) is 42.0 Å². The van der Waals surface area contributed by atoms with E-state index < -0.39 is 0 Å². The molecule has 4 nitrogen and oxygen atoms in total. The number of rotatable bonds is 3. The van der Waals surface area contributed by atoms with Crippen molar-refractivity contribution >= 4 is 49.5 Å². The highest BCUT2D eigenvalue weighted by molar-refractivity contribution is 7.17. The molecule has 0 amide bonds. The number of thiophene rings is 1. The molecule has 0 fully saturated rings. The summed E-state index contributed by atoms with van der Waals surface area (Å²) in [6.07, 6.45) is 0. The minimum Gasteiger partial charge on any atom is -0.465 e. The van der Waals surface area contributed by atoms with Crippen molar-refractivity contribution in [3.05, 3.63) is 40.2 Å². The van der Waals surface area contributed by atoms with Crippen LogP contribution < -0.4 is 5.32 Å². The molecule has 20 heavy (non-hydrogen) atoms. The SMILES string of the molecule is COC(=O)c1sc(Nc2ccc3sccc3c2)nc1C. The summed E-state index contributed by atoms with van der Waals surface area (Å²) in [7, 11) is 1.37. The van der Waals surface area contributed by atoms with E-state index in [1.54, 1.807) is 18.3 Å². The Kier molecular flexibility index (Phi) is 3.42. The average molecular weight is 304 g/mol. The third-order valence-electron chi connectivity index (χ3n) is 2.87. The van der Waals surface area contributed by atoms with E-state index in [2.05, 4.69) is 33.9 Å². The number of nitrogens with one attached hydrogen (secondary N) is 1. The minimum atomic E-state index is -0.346. The van der Waals surface area contributed by atoms with Crippen LogP contribution in [0.15, 0.2) is 29.6 Å². The van der Waals surface area contributed by atoms with E-state index in [9.17, 15) is 4.79 Å². The van der Waals surface area contributed by atoms with E-state index in [-0.39, 0.29) is 5.97 Å². The molecule has 0 atom stereocenters. The van der Waals surface area contributed by atoms with Gasteiger partial charge >= 0.3 is 5.97 Å². The van der Waals surface area contributed by atoms with Gasteiger partial charge in [-0.3, -0.25) is 0 Å². The van der Waals surface area contributed by atoms with Crippen LogP contribution in [0.1, 0.15) is 15.4 Å². The Morgan fingerprint density at radius 1 is 1.35 bits per heavy atom. The van der Waals surface area contributed by atoms with Crippen molar-refractivity contribution in [1.29, 1.82) is 0 Å². The van der Waals surface area contributed by atoms with E-state index >= 15 is 0 Å². The molecule has 0 radical (unpaired) electrons. The van der Waals surface area contributed by atoms with Gasteiger partial charge in [-0.25, -0.2) is 9.78 Å². The van der Waals surface area contributed by atoms with Crippen LogP contribution in [0.4, 0.5) is 10.8 Å². The molecule has 3 rings (SSSR count). The molecule has 102 valence electrons. The number of aryl methyl sites for hydroxylation is 1. The Bertz CT molecular complexity index is 776.